The van der Waals surface area contributed by atoms with Crippen molar-refractivity contribution in [1.29, 1.82) is 0 Å². The summed E-state index contributed by atoms with van der Waals surface area (Å²) in [6.07, 6.45) is 0. The molecule has 88 valence electrons. The van der Waals surface area contributed by atoms with E-state index in [1.54, 1.807) is 12.1 Å². The van der Waals surface area contributed by atoms with Gasteiger partial charge < -0.3 is 14.8 Å². The van der Waals surface area contributed by atoms with Crippen LogP contribution < -0.4 is 0 Å². The zero-order chi connectivity index (χ0) is 12.4. The summed E-state index contributed by atoms with van der Waals surface area (Å²) in [6, 6.07) is 10.3. The monoisotopic (exact) mass is 249 g/mol. The molecule has 2 aromatic rings. The van der Waals surface area contributed by atoms with E-state index < -0.39 is 11.1 Å². The maximum atomic E-state index is 10.8. The van der Waals surface area contributed by atoms with Crippen molar-refractivity contribution in [3.63, 3.8) is 0 Å². The normalized spacial score (nSPS) is 12.3. The third kappa shape index (κ3) is 2.46. The minimum Gasteiger partial charge on any atom is -0.768 e. The molecule has 0 amide bonds. The summed E-state index contributed by atoms with van der Waals surface area (Å²) in [4.78, 5) is 0.148. The van der Waals surface area contributed by atoms with Crippen LogP contribution in [0.2, 0.25) is 0 Å². The Morgan fingerprint density at radius 2 is 1.82 bits per heavy atom. The van der Waals surface area contributed by atoms with E-state index in [4.69, 9.17) is 5.11 Å². The number of phenols is 2. The van der Waals surface area contributed by atoms with E-state index in [9.17, 15) is 13.9 Å². The predicted molar refractivity (Wildman–Crippen MR) is 62.4 cm³/mol. The van der Waals surface area contributed by atoms with E-state index in [0.717, 1.165) is 0 Å². The van der Waals surface area contributed by atoms with Crippen LogP contribution in [-0.4, -0.2) is 19.0 Å². The Labute approximate surface area is 100 Å². The van der Waals surface area contributed by atoms with E-state index in [0.29, 0.717) is 11.1 Å². The average molecular weight is 249 g/mol. The quantitative estimate of drug-likeness (QED) is 0.798. The summed E-state index contributed by atoms with van der Waals surface area (Å²) in [6.45, 7) is 0. The summed E-state index contributed by atoms with van der Waals surface area (Å²) in [5.41, 5.74) is 1.04. The van der Waals surface area contributed by atoms with Gasteiger partial charge in [0.05, 0.1) is 0 Å². The van der Waals surface area contributed by atoms with Crippen LogP contribution in [0.25, 0.3) is 11.1 Å². The molecule has 1 unspecified atom stereocenters. The molecule has 2 N–H and O–H groups in total. The van der Waals surface area contributed by atoms with Crippen LogP contribution >= 0.6 is 0 Å². The molecule has 0 aliphatic heterocycles. The molecule has 5 heteroatoms. The molecule has 0 aliphatic rings. The fourth-order valence-electron chi connectivity index (χ4n) is 1.53. The summed E-state index contributed by atoms with van der Waals surface area (Å²) >= 11 is -2.31. The number of rotatable bonds is 2. The summed E-state index contributed by atoms with van der Waals surface area (Å²) in [7, 11) is 0. The SMILES string of the molecule is O=S([O-])c1cccc(-c2ccc(O)cc2O)c1. The standard InChI is InChI=1S/C12H10O4S/c13-9-4-5-11(12(14)7-9)8-2-1-3-10(6-8)17(15)16/h1-7,13-14H,(H,15,16)/p-1. The fourth-order valence-corrected chi connectivity index (χ4v) is 1.94. The Morgan fingerprint density at radius 3 is 2.47 bits per heavy atom. The van der Waals surface area contributed by atoms with Gasteiger partial charge in [-0.3, -0.25) is 4.21 Å². The fraction of sp³-hybridized carbons (Fsp3) is 0. The number of aromatic hydroxyl groups is 2. The molecule has 0 aromatic heterocycles. The summed E-state index contributed by atoms with van der Waals surface area (Å²) in [5.74, 6) is -0.145. The first-order valence-corrected chi connectivity index (χ1v) is 5.87. The molecule has 0 spiro atoms. The second kappa shape index (κ2) is 4.57. The van der Waals surface area contributed by atoms with E-state index in [2.05, 4.69) is 0 Å². The van der Waals surface area contributed by atoms with Crippen LogP contribution in [0.5, 0.6) is 11.5 Å². The van der Waals surface area contributed by atoms with Crippen LogP contribution in [0.3, 0.4) is 0 Å². The van der Waals surface area contributed by atoms with Crippen LogP contribution in [-0.2, 0) is 11.1 Å². The predicted octanol–water partition coefficient (Wildman–Crippen LogP) is 2.00. The van der Waals surface area contributed by atoms with Gasteiger partial charge in [-0.15, -0.1) is 0 Å². The Balaban J connectivity index is 2.53. The van der Waals surface area contributed by atoms with E-state index in [1.807, 2.05) is 0 Å². The lowest BCUT2D eigenvalue weighted by atomic mass is 10.0. The van der Waals surface area contributed by atoms with Crippen molar-refractivity contribution in [2.24, 2.45) is 0 Å². The molecule has 2 aromatic carbocycles. The van der Waals surface area contributed by atoms with E-state index in [-0.39, 0.29) is 16.4 Å². The lowest BCUT2D eigenvalue weighted by molar-refractivity contribution is 0.452. The van der Waals surface area contributed by atoms with Crippen molar-refractivity contribution < 1.29 is 19.0 Å². The first-order valence-electron chi connectivity index (χ1n) is 4.79. The van der Waals surface area contributed by atoms with Gasteiger partial charge in [-0.2, -0.15) is 0 Å². The minimum atomic E-state index is -2.31. The van der Waals surface area contributed by atoms with Crippen molar-refractivity contribution >= 4 is 11.1 Å². The van der Waals surface area contributed by atoms with Gasteiger partial charge in [-0.1, -0.05) is 12.1 Å². The topological polar surface area (TPSA) is 80.6 Å². The molecule has 0 heterocycles. The first-order chi connectivity index (χ1) is 8.08. The van der Waals surface area contributed by atoms with E-state index >= 15 is 0 Å². The third-order valence-electron chi connectivity index (χ3n) is 2.32. The molecular formula is C12H9O4S-. The van der Waals surface area contributed by atoms with Crippen molar-refractivity contribution in [2.75, 3.05) is 0 Å². The van der Waals surface area contributed by atoms with E-state index in [1.165, 1.54) is 30.3 Å². The molecule has 0 bridgehead atoms. The van der Waals surface area contributed by atoms with Gasteiger partial charge in [0.1, 0.15) is 11.5 Å². The highest BCUT2D eigenvalue weighted by Crippen LogP contribution is 2.32. The molecule has 17 heavy (non-hydrogen) atoms. The summed E-state index contributed by atoms with van der Waals surface area (Å²) < 4.78 is 21.6. The smallest absolute Gasteiger partial charge is 0.127 e. The molecule has 0 saturated carbocycles. The van der Waals surface area contributed by atoms with Crippen molar-refractivity contribution in [2.45, 2.75) is 4.90 Å². The molecule has 0 radical (unpaired) electrons. The van der Waals surface area contributed by atoms with Crippen molar-refractivity contribution in [3.05, 3.63) is 42.5 Å². The van der Waals surface area contributed by atoms with Crippen LogP contribution in [0.4, 0.5) is 0 Å². The van der Waals surface area contributed by atoms with Gasteiger partial charge >= 0.3 is 0 Å². The molecule has 0 fully saturated rings. The lowest BCUT2D eigenvalue weighted by Gasteiger charge is -2.09. The van der Waals surface area contributed by atoms with Crippen molar-refractivity contribution in [3.8, 4) is 22.6 Å². The molecule has 4 nitrogen and oxygen atoms in total. The second-order valence-corrected chi connectivity index (χ2v) is 4.40. The highest BCUT2D eigenvalue weighted by Gasteiger charge is 2.05. The zero-order valence-corrected chi connectivity index (χ0v) is 9.48. The molecule has 0 saturated heterocycles. The maximum absolute atomic E-state index is 10.8. The van der Waals surface area contributed by atoms with Gasteiger partial charge in [0, 0.05) is 16.5 Å². The van der Waals surface area contributed by atoms with Gasteiger partial charge in [-0.05, 0) is 40.9 Å². The van der Waals surface area contributed by atoms with Crippen LogP contribution in [0.1, 0.15) is 0 Å². The number of phenolic OH excluding ortho intramolecular Hbond substituents is 2. The van der Waals surface area contributed by atoms with Crippen LogP contribution in [0, 0.1) is 0 Å². The Bertz CT molecular complexity index is 580. The minimum absolute atomic E-state index is 0.0465. The Kier molecular flexibility index (Phi) is 3.12. The Hall–Kier alpha value is -1.85. The van der Waals surface area contributed by atoms with Crippen LogP contribution in [0.15, 0.2) is 47.4 Å². The first kappa shape index (κ1) is 11.6. The number of benzene rings is 2. The molecular weight excluding hydrogens is 240 g/mol. The highest BCUT2D eigenvalue weighted by atomic mass is 32.2. The average Bonchev–Trinajstić information content (AvgIpc) is 2.29. The molecule has 1 atom stereocenters. The van der Waals surface area contributed by atoms with Gasteiger partial charge in [-0.25, -0.2) is 0 Å². The largest absolute Gasteiger partial charge is 0.768 e. The van der Waals surface area contributed by atoms with Gasteiger partial charge in [0.2, 0.25) is 0 Å². The van der Waals surface area contributed by atoms with Gasteiger partial charge in [0.25, 0.3) is 0 Å². The highest BCUT2D eigenvalue weighted by molar-refractivity contribution is 7.79. The lowest BCUT2D eigenvalue weighted by Crippen LogP contribution is -1.89. The number of hydrogen-bond acceptors (Lipinski definition) is 4. The molecule has 2 rings (SSSR count). The number of hydrogen-bond donors (Lipinski definition) is 2. The Morgan fingerprint density at radius 1 is 1.06 bits per heavy atom. The second-order valence-electron chi connectivity index (χ2n) is 3.46. The van der Waals surface area contributed by atoms with Gasteiger partial charge in [0.15, 0.2) is 0 Å². The zero-order valence-electron chi connectivity index (χ0n) is 8.66. The van der Waals surface area contributed by atoms with Crippen molar-refractivity contribution in [1.82, 2.24) is 0 Å². The maximum Gasteiger partial charge on any atom is 0.127 e. The summed E-state index contributed by atoms with van der Waals surface area (Å²) in [5, 5.41) is 18.8. The third-order valence-corrected chi connectivity index (χ3v) is 2.96. The molecule has 0 aliphatic carbocycles.